The Hall–Kier alpha value is -2.73. The smallest absolute Gasteiger partial charge is 0.289 e. The molecule has 1 aliphatic heterocycles. The zero-order chi connectivity index (χ0) is 19.1. The summed E-state index contributed by atoms with van der Waals surface area (Å²) in [6.45, 7) is 3.34. The molecule has 1 N–H and O–H groups in total. The number of imidazole rings is 1. The van der Waals surface area contributed by atoms with E-state index in [0.717, 1.165) is 0 Å². The van der Waals surface area contributed by atoms with Gasteiger partial charge < -0.3 is 14.8 Å². The van der Waals surface area contributed by atoms with Crippen LogP contribution in [0.1, 0.15) is 27.7 Å². The van der Waals surface area contributed by atoms with Crippen LogP contribution in [0.3, 0.4) is 0 Å². The standard InChI is InChI=1S/C21H23FN4O/c1-13-4-6-14(7-5-13)16-11-26(12-19(16)25(2)3)21(27)20-23-17-9-8-15(22)10-18(17)24-20/h4-10,16,19H,11-12H2,1-3H3,(H,23,24). The number of benzene rings is 2. The summed E-state index contributed by atoms with van der Waals surface area (Å²) in [5, 5.41) is 0. The van der Waals surface area contributed by atoms with Crippen molar-refractivity contribution in [2.24, 2.45) is 0 Å². The minimum atomic E-state index is -0.349. The molecular formula is C21H23FN4O. The van der Waals surface area contributed by atoms with Crippen molar-refractivity contribution in [3.63, 3.8) is 0 Å². The molecule has 0 radical (unpaired) electrons. The zero-order valence-electron chi connectivity index (χ0n) is 15.7. The van der Waals surface area contributed by atoms with E-state index >= 15 is 0 Å². The first-order valence-corrected chi connectivity index (χ1v) is 9.10. The highest BCUT2D eigenvalue weighted by molar-refractivity contribution is 5.94. The first-order chi connectivity index (χ1) is 12.9. The number of aromatic nitrogens is 2. The monoisotopic (exact) mass is 366 g/mol. The molecule has 5 nitrogen and oxygen atoms in total. The predicted octanol–water partition coefficient (Wildman–Crippen LogP) is 3.18. The number of nitrogens with zero attached hydrogens (tertiary/aromatic N) is 3. The molecule has 1 amide bonds. The normalized spacial score (nSPS) is 20.0. The Morgan fingerprint density at radius 2 is 1.93 bits per heavy atom. The number of likely N-dealkylation sites (N-methyl/N-ethyl adjacent to an activating group) is 1. The largest absolute Gasteiger partial charge is 0.334 e. The molecule has 0 aliphatic carbocycles. The van der Waals surface area contributed by atoms with Crippen LogP contribution in [-0.2, 0) is 0 Å². The van der Waals surface area contributed by atoms with E-state index in [9.17, 15) is 9.18 Å². The highest BCUT2D eigenvalue weighted by Crippen LogP contribution is 2.31. The average molecular weight is 366 g/mol. The fraction of sp³-hybridized carbons (Fsp3) is 0.333. The van der Waals surface area contributed by atoms with Crippen LogP contribution in [0.15, 0.2) is 42.5 Å². The van der Waals surface area contributed by atoms with E-state index in [1.807, 2.05) is 19.0 Å². The highest BCUT2D eigenvalue weighted by atomic mass is 19.1. The Kier molecular flexibility index (Phi) is 4.44. The van der Waals surface area contributed by atoms with Gasteiger partial charge in [-0.15, -0.1) is 0 Å². The van der Waals surface area contributed by atoms with Gasteiger partial charge in [-0.2, -0.15) is 0 Å². The first kappa shape index (κ1) is 17.7. The summed E-state index contributed by atoms with van der Waals surface area (Å²) in [6, 6.07) is 13.0. The third-order valence-electron chi connectivity index (χ3n) is 5.39. The zero-order valence-corrected chi connectivity index (χ0v) is 15.7. The number of carbonyl (C=O) groups excluding carboxylic acids is 1. The summed E-state index contributed by atoms with van der Waals surface area (Å²) >= 11 is 0. The van der Waals surface area contributed by atoms with Gasteiger partial charge in [-0.1, -0.05) is 29.8 Å². The number of hydrogen-bond acceptors (Lipinski definition) is 3. The van der Waals surface area contributed by atoms with Gasteiger partial charge in [0.05, 0.1) is 11.0 Å². The topological polar surface area (TPSA) is 52.2 Å². The lowest BCUT2D eigenvalue weighted by atomic mass is 9.93. The number of aryl methyl sites for hydroxylation is 1. The number of hydrogen-bond donors (Lipinski definition) is 1. The van der Waals surface area contributed by atoms with Gasteiger partial charge in [-0.05, 0) is 44.8 Å². The van der Waals surface area contributed by atoms with Crippen LogP contribution >= 0.6 is 0 Å². The second kappa shape index (κ2) is 6.78. The van der Waals surface area contributed by atoms with Gasteiger partial charge >= 0.3 is 0 Å². The van der Waals surface area contributed by atoms with Crippen molar-refractivity contribution in [2.45, 2.75) is 18.9 Å². The molecule has 27 heavy (non-hydrogen) atoms. The molecule has 2 heterocycles. The molecule has 2 unspecified atom stereocenters. The molecule has 3 aromatic rings. The van der Waals surface area contributed by atoms with E-state index in [2.05, 4.69) is 46.1 Å². The molecule has 1 aromatic heterocycles. The number of rotatable bonds is 3. The second-order valence-electron chi connectivity index (χ2n) is 7.51. The van der Waals surface area contributed by atoms with Crippen molar-refractivity contribution < 1.29 is 9.18 Å². The van der Waals surface area contributed by atoms with Crippen molar-refractivity contribution in [2.75, 3.05) is 27.2 Å². The second-order valence-corrected chi connectivity index (χ2v) is 7.51. The first-order valence-electron chi connectivity index (χ1n) is 9.10. The molecule has 0 spiro atoms. The summed E-state index contributed by atoms with van der Waals surface area (Å²) in [5.74, 6) is 0.00975. The van der Waals surface area contributed by atoms with Crippen LogP contribution in [0.2, 0.25) is 0 Å². The van der Waals surface area contributed by atoms with Crippen LogP contribution in [-0.4, -0.2) is 58.9 Å². The SMILES string of the molecule is Cc1ccc(C2CN(C(=O)c3nc4ccc(F)cc4[nH]3)CC2N(C)C)cc1. The van der Waals surface area contributed by atoms with Gasteiger partial charge in [0.25, 0.3) is 5.91 Å². The quantitative estimate of drug-likeness (QED) is 0.775. The molecule has 1 aliphatic rings. The van der Waals surface area contributed by atoms with Crippen LogP contribution in [0.25, 0.3) is 11.0 Å². The summed E-state index contributed by atoms with van der Waals surface area (Å²) in [6.07, 6.45) is 0. The van der Waals surface area contributed by atoms with Gasteiger partial charge in [0.2, 0.25) is 0 Å². The molecule has 4 rings (SSSR count). The van der Waals surface area contributed by atoms with Gasteiger partial charge in [-0.25, -0.2) is 9.37 Å². The highest BCUT2D eigenvalue weighted by Gasteiger charge is 2.38. The number of fused-ring (bicyclic) bond motifs is 1. The number of nitrogens with one attached hydrogen (secondary N) is 1. The average Bonchev–Trinajstić information content (AvgIpc) is 3.25. The number of amides is 1. The van der Waals surface area contributed by atoms with E-state index in [4.69, 9.17) is 0 Å². The van der Waals surface area contributed by atoms with Crippen LogP contribution in [0.4, 0.5) is 4.39 Å². The third kappa shape index (κ3) is 3.32. The van der Waals surface area contributed by atoms with Crippen LogP contribution < -0.4 is 0 Å². The Morgan fingerprint density at radius 1 is 1.19 bits per heavy atom. The molecule has 140 valence electrons. The van der Waals surface area contributed by atoms with E-state index in [-0.39, 0.29) is 29.5 Å². The van der Waals surface area contributed by atoms with E-state index in [0.29, 0.717) is 24.1 Å². The number of halogens is 1. The van der Waals surface area contributed by atoms with E-state index in [1.165, 1.54) is 23.3 Å². The van der Waals surface area contributed by atoms with E-state index in [1.54, 1.807) is 6.07 Å². The summed E-state index contributed by atoms with van der Waals surface area (Å²) < 4.78 is 13.4. The molecule has 0 bridgehead atoms. The van der Waals surface area contributed by atoms with Crippen molar-refractivity contribution >= 4 is 16.9 Å². The predicted molar refractivity (Wildman–Crippen MR) is 103 cm³/mol. The lowest BCUT2D eigenvalue weighted by molar-refractivity contribution is 0.0772. The summed E-state index contributed by atoms with van der Waals surface area (Å²) in [5.41, 5.74) is 3.59. The minimum Gasteiger partial charge on any atom is -0.334 e. The van der Waals surface area contributed by atoms with Gasteiger partial charge in [0, 0.05) is 25.0 Å². The van der Waals surface area contributed by atoms with Gasteiger partial charge in [0.15, 0.2) is 5.82 Å². The van der Waals surface area contributed by atoms with Gasteiger partial charge in [0.1, 0.15) is 5.82 Å². The Bertz CT molecular complexity index is 980. The van der Waals surface area contributed by atoms with Crippen molar-refractivity contribution in [1.82, 2.24) is 19.8 Å². The molecule has 2 aromatic carbocycles. The maximum absolute atomic E-state index is 13.4. The lowest BCUT2D eigenvalue weighted by Crippen LogP contribution is -2.36. The van der Waals surface area contributed by atoms with Crippen molar-refractivity contribution in [1.29, 1.82) is 0 Å². The molecule has 6 heteroatoms. The Balaban J connectivity index is 1.61. The number of H-pyrrole nitrogens is 1. The molecular weight excluding hydrogens is 343 g/mol. The molecule has 0 saturated carbocycles. The fourth-order valence-corrected chi connectivity index (χ4v) is 3.85. The number of likely N-dealkylation sites (tertiary alicyclic amines) is 1. The molecule has 1 saturated heterocycles. The Morgan fingerprint density at radius 3 is 2.63 bits per heavy atom. The fourth-order valence-electron chi connectivity index (χ4n) is 3.85. The summed E-state index contributed by atoms with van der Waals surface area (Å²) in [4.78, 5) is 24.3. The lowest BCUT2D eigenvalue weighted by Gasteiger charge is -2.25. The molecule has 2 atom stereocenters. The molecule has 1 fully saturated rings. The maximum Gasteiger partial charge on any atom is 0.289 e. The van der Waals surface area contributed by atoms with E-state index < -0.39 is 0 Å². The van der Waals surface area contributed by atoms with Crippen LogP contribution in [0.5, 0.6) is 0 Å². The Labute approximate surface area is 157 Å². The number of aromatic amines is 1. The van der Waals surface area contributed by atoms with Crippen molar-refractivity contribution in [3.8, 4) is 0 Å². The van der Waals surface area contributed by atoms with Crippen molar-refractivity contribution in [3.05, 3.63) is 65.2 Å². The summed E-state index contributed by atoms with van der Waals surface area (Å²) in [7, 11) is 4.09. The third-order valence-corrected chi connectivity index (χ3v) is 5.39. The minimum absolute atomic E-state index is 0.145. The van der Waals surface area contributed by atoms with Gasteiger partial charge in [-0.3, -0.25) is 4.79 Å². The number of carbonyl (C=O) groups is 1. The maximum atomic E-state index is 13.4. The van der Waals surface area contributed by atoms with Crippen LogP contribution in [0, 0.1) is 12.7 Å².